The predicted molar refractivity (Wildman–Crippen MR) is 68.3 cm³/mol. The average molecular weight is 237 g/mol. The molecule has 5 heteroatoms. The van der Waals surface area contributed by atoms with Crippen molar-refractivity contribution in [2.24, 2.45) is 0 Å². The Kier molecular flexibility index (Phi) is 4.93. The van der Waals surface area contributed by atoms with Crippen molar-refractivity contribution >= 4 is 17.3 Å². The molecule has 94 valence electrons. The van der Waals surface area contributed by atoms with Crippen LogP contribution in [0, 0.1) is 0 Å². The summed E-state index contributed by atoms with van der Waals surface area (Å²) in [6, 6.07) is 6.68. The number of nitrogens with one attached hydrogen (secondary N) is 1. The number of carbonyl (C=O) groups excluding carboxylic acids is 1. The van der Waals surface area contributed by atoms with E-state index in [-0.39, 0.29) is 11.9 Å². The van der Waals surface area contributed by atoms with E-state index in [1.54, 1.807) is 43.4 Å². The first kappa shape index (κ1) is 13.5. The predicted octanol–water partition coefficient (Wildman–Crippen LogP) is 1.48. The molecule has 0 spiro atoms. The van der Waals surface area contributed by atoms with Gasteiger partial charge in [0.05, 0.1) is 7.11 Å². The summed E-state index contributed by atoms with van der Waals surface area (Å²) in [5.41, 5.74) is 6.96. The minimum Gasteiger partial charge on any atom is -0.399 e. The van der Waals surface area contributed by atoms with Gasteiger partial charge in [0, 0.05) is 17.9 Å². The molecule has 3 N–H and O–H groups in total. The largest absolute Gasteiger partial charge is 0.399 e. The van der Waals surface area contributed by atoms with Crippen LogP contribution in [0.15, 0.2) is 24.3 Å². The van der Waals surface area contributed by atoms with Gasteiger partial charge in [0.2, 0.25) is 5.91 Å². The van der Waals surface area contributed by atoms with Gasteiger partial charge in [-0.15, -0.1) is 0 Å². The van der Waals surface area contributed by atoms with E-state index in [0.717, 1.165) is 5.69 Å². The summed E-state index contributed by atoms with van der Waals surface area (Å²) in [7, 11) is 1.55. The molecule has 0 saturated carbocycles. The lowest BCUT2D eigenvalue weighted by Gasteiger charge is -2.24. The van der Waals surface area contributed by atoms with E-state index in [9.17, 15) is 4.79 Å². The quantitative estimate of drug-likeness (QED) is 0.601. The van der Waals surface area contributed by atoms with E-state index in [0.29, 0.717) is 12.2 Å². The molecule has 5 nitrogen and oxygen atoms in total. The first-order chi connectivity index (χ1) is 8.08. The Balaban J connectivity index is 2.62. The summed E-state index contributed by atoms with van der Waals surface area (Å²) >= 11 is 0. The first-order valence-corrected chi connectivity index (χ1v) is 5.55. The van der Waals surface area contributed by atoms with E-state index in [4.69, 9.17) is 10.6 Å². The molecule has 1 unspecified atom stereocenters. The summed E-state index contributed by atoms with van der Waals surface area (Å²) in [5, 5.41) is 4.41. The number of hydrogen-bond donors (Lipinski definition) is 2. The molecule has 1 aromatic carbocycles. The second kappa shape index (κ2) is 6.22. The lowest BCUT2D eigenvalue weighted by atomic mass is 10.2. The number of hydrogen-bond acceptors (Lipinski definition) is 4. The van der Waals surface area contributed by atoms with E-state index in [1.807, 2.05) is 6.92 Å². The summed E-state index contributed by atoms with van der Waals surface area (Å²) in [4.78, 5) is 17.0. The Hall–Kier alpha value is -1.59. The molecule has 0 saturated heterocycles. The van der Waals surface area contributed by atoms with Gasteiger partial charge >= 0.3 is 0 Å². The van der Waals surface area contributed by atoms with E-state index < -0.39 is 0 Å². The van der Waals surface area contributed by atoms with Crippen LogP contribution in [-0.2, 0) is 9.63 Å². The topological polar surface area (TPSA) is 67.6 Å². The Labute approximate surface area is 101 Å². The van der Waals surface area contributed by atoms with Crippen LogP contribution in [0.2, 0.25) is 0 Å². The van der Waals surface area contributed by atoms with E-state index >= 15 is 0 Å². The molecule has 1 amide bonds. The fourth-order valence-corrected chi connectivity index (χ4v) is 1.51. The van der Waals surface area contributed by atoms with Crippen LogP contribution in [0.5, 0.6) is 0 Å². The van der Waals surface area contributed by atoms with Crippen molar-refractivity contribution in [2.75, 3.05) is 24.7 Å². The lowest BCUT2D eigenvalue weighted by Crippen LogP contribution is -2.41. The molecule has 0 heterocycles. The Morgan fingerprint density at radius 2 is 2.06 bits per heavy atom. The third kappa shape index (κ3) is 3.72. The number of rotatable bonds is 5. The highest BCUT2D eigenvalue weighted by Crippen LogP contribution is 2.11. The zero-order valence-electron chi connectivity index (χ0n) is 10.4. The number of nitrogens with zero attached hydrogens (tertiary/aromatic N) is 1. The van der Waals surface area contributed by atoms with Gasteiger partial charge in [-0.1, -0.05) is 6.92 Å². The van der Waals surface area contributed by atoms with Crippen molar-refractivity contribution in [3.8, 4) is 0 Å². The number of benzene rings is 1. The number of carbonyl (C=O) groups is 1. The van der Waals surface area contributed by atoms with Gasteiger partial charge < -0.3 is 15.9 Å². The van der Waals surface area contributed by atoms with Crippen molar-refractivity contribution in [2.45, 2.75) is 19.9 Å². The van der Waals surface area contributed by atoms with Gasteiger partial charge in [-0.25, -0.2) is 0 Å². The highest BCUT2D eigenvalue weighted by molar-refractivity contribution is 5.94. The van der Waals surface area contributed by atoms with Crippen molar-refractivity contribution in [3.63, 3.8) is 0 Å². The second-order valence-corrected chi connectivity index (χ2v) is 3.70. The maximum atomic E-state index is 11.9. The Morgan fingerprint density at radius 3 is 2.53 bits per heavy atom. The van der Waals surface area contributed by atoms with Gasteiger partial charge in [0.1, 0.15) is 6.04 Å². The van der Waals surface area contributed by atoms with Gasteiger partial charge in [-0.05, 0) is 31.2 Å². The average Bonchev–Trinajstić information content (AvgIpc) is 2.33. The summed E-state index contributed by atoms with van der Waals surface area (Å²) in [5.74, 6) is -0.113. The molecule has 1 rings (SSSR count). The third-order valence-electron chi connectivity index (χ3n) is 2.54. The molecule has 0 aliphatic carbocycles. The van der Waals surface area contributed by atoms with Gasteiger partial charge in [-0.2, -0.15) is 5.06 Å². The number of amides is 1. The zero-order valence-corrected chi connectivity index (χ0v) is 10.4. The molecule has 0 aliphatic heterocycles. The van der Waals surface area contributed by atoms with Crippen molar-refractivity contribution in [3.05, 3.63) is 24.3 Å². The van der Waals surface area contributed by atoms with Crippen LogP contribution >= 0.6 is 0 Å². The zero-order chi connectivity index (χ0) is 12.8. The van der Waals surface area contributed by atoms with Crippen LogP contribution in [0.3, 0.4) is 0 Å². The molecule has 0 aromatic heterocycles. The molecule has 1 aromatic rings. The molecule has 1 atom stereocenters. The second-order valence-electron chi connectivity index (χ2n) is 3.70. The smallest absolute Gasteiger partial charge is 0.243 e. The maximum Gasteiger partial charge on any atom is 0.243 e. The fraction of sp³-hybridized carbons (Fsp3) is 0.417. The minimum absolute atomic E-state index is 0.113. The molecule has 0 bridgehead atoms. The first-order valence-electron chi connectivity index (χ1n) is 5.55. The number of nitrogen functional groups attached to an aromatic ring is 1. The highest BCUT2D eigenvalue weighted by atomic mass is 16.7. The van der Waals surface area contributed by atoms with Crippen LogP contribution in [0.4, 0.5) is 11.4 Å². The Morgan fingerprint density at radius 1 is 1.47 bits per heavy atom. The molecule has 0 aliphatic rings. The number of anilines is 2. The van der Waals surface area contributed by atoms with Crippen molar-refractivity contribution < 1.29 is 9.63 Å². The van der Waals surface area contributed by atoms with Crippen LogP contribution in [0.25, 0.3) is 0 Å². The van der Waals surface area contributed by atoms with Gasteiger partial charge in [0.15, 0.2) is 0 Å². The third-order valence-corrected chi connectivity index (χ3v) is 2.54. The van der Waals surface area contributed by atoms with Gasteiger partial charge in [-0.3, -0.25) is 4.79 Å². The van der Waals surface area contributed by atoms with Crippen molar-refractivity contribution in [1.29, 1.82) is 0 Å². The minimum atomic E-state index is -0.345. The van der Waals surface area contributed by atoms with E-state index in [2.05, 4.69) is 5.32 Å². The molecule has 17 heavy (non-hydrogen) atoms. The summed E-state index contributed by atoms with van der Waals surface area (Å²) < 4.78 is 0. The summed E-state index contributed by atoms with van der Waals surface area (Å²) in [6.45, 7) is 4.36. The molecule has 0 radical (unpaired) electrons. The van der Waals surface area contributed by atoms with Crippen LogP contribution < -0.4 is 11.1 Å². The molecular formula is C12H19N3O2. The van der Waals surface area contributed by atoms with Gasteiger partial charge in [0.25, 0.3) is 0 Å². The molecule has 0 fully saturated rings. The lowest BCUT2D eigenvalue weighted by molar-refractivity contribution is -0.164. The van der Waals surface area contributed by atoms with Crippen molar-refractivity contribution in [1.82, 2.24) is 5.06 Å². The maximum absolute atomic E-state index is 11.9. The SMILES string of the molecule is CCN(OC)C(C)C(=O)Nc1ccc(N)cc1. The van der Waals surface area contributed by atoms with Crippen LogP contribution in [-0.4, -0.2) is 30.7 Å². The number of likely N-dealkylation sites (N-methyl/N-ethyl adjacent to an activating group) is 1. The highest BCUT2D eigenvalue weighted by Gasteiger charge is 2.19. The van der Waals surface area contributed by atoms with Crippen LogP contribution in [0.1, 0.15) is 13.8 Å². The normalized spacial score (nSPS) is 12.5. The Bertz CT molecular complexity index is 361. The number of nitrogens with two attached hydrogens (primary N) is 1. The molecular weight excluding hydrogens is 218 g/mol. The fourth-order valence-electron chi connectivity index (χ4n) is 1.51. The number of hydroxylamine groups is 2. The summed E-state index contributed by atoms with van der Waals surface area (Å²) in [6.07, 6.45) is 0. The standard InChI is InChI=1S/C12H19N3O2/c1-4-15(17-3)9(2)12(16)14-11-7-5-10(13)6-8-11/h5-9H,4,13H2,1-3H3,(H,14,16). The monoisotopic (exact) mass is 237 g/mol. The van der Waals surface area contributed by atoms with E-state index in [1.165, 1.54) is 0 Å².